The molecule has 4 aromatic rings. The fraction of sp³-hybridized carbons (Fsp3) is 0.0455. The maximum Gasteiger partial charge on any atom is 0.343 e. The molecule has 0 bridgehead atoms. The quantitative estimate of drug-likeness (QED) is 0.153. The average Bonchev–Trinajstić information content (AvgIpc) is 3.20. The Hall–Kier alpha value is -3.18. The highest BCUT2D eigenvalue weighted by molar-refractivity contribution is 8.00. The van der Waals surface area contributed by atoms with Crippen molar-refractivity contribution in [2.45, 2.75) is 10.1 Å². The molecule has 0 aliphatic carbocycles. The van der Waals surface area contributed by atoms with Crippen molar-refractivity contribution in [1.29, 1.82) is 0 Å². The number of carboxylic acids is 1. The van der Waals surface area contributed by atoms with Crippen LogP contribution in [0.3, 0.4) is 0 Å². The van der Waals surface area contributed by atoms with E-state index in [-0.39, 0.29) is 5.56 Å². The second-order valence-electron chi connectivity index (χ2n) is 6.90. The first-order valence-electron chi connectivity index (χ1n) is 9.52. The molecular weight excluding hydrogens is 521 g/mol. The number of nitrogens with zero attached hydrogens (tertiary/aromatic N) is 2. The van der Waals surface area contributed by atoms with E-state index in [1.54, 1.807) is 30.3 Å². The van der Waals surface area contributed by atoms with Gasteiger partial charge in [-0.05, 0) is 42.0 Å². The van der Waals surface area contributed by atoms with Gasteiger partial charge in [-0.3, -0.25) is 14.9 Å². The Labute approximate surface area is 210 Å². The number of fused-ring (bicyclic) bond motifs is 1. The third-order valence-corrected chi connectivity index (χ3v) is 7.49. The van der Waals surface area contributed by atoms with Crippen LogP contribution in [0.2, 0.25) is 10.0 Å². The second kappa shape index (κ2) is 9.98. The van der Waals surface area contributed by atoms with E-state index < -0.39 is 28.1 Å². The maximum absolute atomic E-state index is 12.7. The van der Waals surface area contributed by atoms with E-state index in [1.165, 1.54) is 35.2 Å². The molecule has 4 rings (SSSR count). The molecule has 0 spiro atoms. The molecule has 0 atom stereocenters. The summed E-state index contributed by atoms with van der Waals surface area (Å²) in [5.74, 6) is -1.72. The van der Waals surface area contributed by atoms with E-state index in [0.717, 1.165) is 26.2 Å². The first-order chi connectivity index (χ1) is 16.2. The van der Waals surface area contributed by atoms with Crippen LogP contribution in [-0.4, -0.2) is 26.9 Å². The maximum atomic E-state index is 12.7. The minimum Gasteiger partial charge on any atom is -0.477 e. The number of benzene rings is 3. The van der Waals surface area contributed by atoms with Gasteiger partial charge in [0.2, 0.25) is 0 Å². The normalized spacial score (nSPS) is 10.9. The summed E-state index contributed by atoms with van der Waals surface area (Å²) in [6, 6.07) is 13.9. The standard InChI is InChI=1S/C22H13Cl2N3O5S2/c23-12-5-4-11(15(24)8-12)10-33-22-26-16-7-6-13(9-18(16)34-22)25-20(28)14-2-1-3-17(27(31)32)19(14)21(29)30/h1-9H,10H2,(H,25,28)(H,29,30). The molecule has 34 heavy (non-hydrogen) atoms. The number of anilines is 1. The zero-order valence-corrected chi connectivity index (χ0v) is 20.1. The fourth-order valence-corrected chi connectivity index (χ4v) is 5.79. The van der Waals surface area contributed by atoms with Gasteiger partial charge in [0.25, 0.3) is 11.6 Å². The molecule has 0 radical (unpaired) electrons. The number of hydrogen-bond acceptors (Lipinski definition) is 7. The number of nitro benzene ring substituents is 1. The molecule has 3 aromatic carbocycles. The largest absolute Gasteiger partial charge is 0.477 e. The molecule has 0 saturated heterocycles. The van der Waals surface area contributed by atoms with Crippen molar-refractivity contribution in [3.05, 3.63) is 91.4 Å². The molecule has 0 saturated carbocycles. The van der Waals surface area contributed by atoms with Crippen LogP contribution in [0.4, 0.5) is 11.4 Å². The van der Waals surface area contributed by atoms with Gasteiger partial charge in [0, 0.05) is 27.6 Å². The van der Waals surface area contributed by atoms with E-state index in [2.05, 4.69) is 10.3 Å². The first kappa shape index (κ1) is 24.0. The molecule has 1 aromatic heterocycles. The van der Waals surface area contributed by atoms with Crippen LogP contribution >= 0.6 is 46.3 Å². The molecular formula is C22H13Cl2N3O5S2. The molecule has 0 fully saturated rings. The van der Waals surface area contributed by atoms with Crippen LogP contribution in [0.1, 0.15) is 26.3 Å². The van der Waals surface area contributed by atoms with Crippen LogP contribution in [0, 0.1) is 10.1 Å². The van der Waals surface area contributed by atoms with Crippen LogP contribution in [0.5, 0.6) is 0 Å². The Morgan fingerprint density at radius 1 is 1.15 bits per heavy atom. The molecule has 0 unspecified atom stereocenters. The van der Waals surface area contributed by atoms with E-state index in [1.807, 2.05) is 6.07 Å². The van der Waals surface area contributed by atoms with Gasteiger partial charge in [-0.2, -0.15) is 0 Å². The highest BCUT2D eigenvalue weighted by Gasteiger charge is 2.27. The number of aromatic nitrogens is 1. The lowest BCUT2D eigenvalue weighted by molar-refractivity contribution is -0.385. The van der Waals surface area contributed by atoms with Gasteiger partial charge < -0.3 is 10.4 Å². The van der Waals surface area contributed by atoms with E-state index in [4.69, 9.17) is 23.2 Å². The van der Waals surface area contributed by atoms with Crippen molar-refractivity contribution in [3.63, 3.8) is 0 Å². The first-order valence-corrected chi connectivity index (χ1v) is 12.1. The van der Waals surface area contributed by atoms with Gasteiger partial charge in [-0.25, -0.2) is 9.78 Å². The van der Waals surface area contributed by atoms with Gasteiger partial charge in [0.15, 0.2) is 4.34 Å². The van der Waals surface area contributed by atoms with Crippen molar-refractivity contribution in [3.8, 4) is 0 Å². The van der Waals surface area contributed by atoms with Gasteiger partial charge in [-0.1, -0.05) is 47.1 Å². The highest BCUT2D eigenvalue weighted by Crippen LogP contribution is 2.35. The molecule has 8 nitrogen and oxygen atoms in total. The summed E-state index contributed by atoms with van der Waals surface area (Å²) in [6.45, 7) is 0. The fourth-order valence-electron chi connectivity index (χ4n) is 3.13. The van der Waals surface area contributed by atoms with Crippen molar-refractivity contribution < 1.29 is 19.6 Å². The van der Waals surface area contributed by atoms with Crippen LogP contribution in [0.15, 0.2) is 58.9 Å². The number of nitrogens with one attached hydrogen (secondary N) is 1. The Morgan fingerprint density at radius 2 is 1.94 bits per heavy atom. The lowest BCUT2D eigenvalue weighted by atomic mass is 10.0. The zero-order chi connectivity index (χ0) is 24.4. The predicted octanol–water partition coefficient (Wildman–Crippen LogP) is 6.75. The lowest BCUT2D eigenvalue weighted by Crippen LogP contribution is -2.17. The number of nitro groups is 1. The number of carboxylic acid groups (broad SMARTS) is 1. The Morgan fingerprint density at radius 3 is 2.65 bits per heavy atom. The lowest BCUT2D eigenvalue weighted by Gasteiger charge is -2.08. The highest BCUT2D eigenvalue weighted by atomic mass is 35.5. The van der Waals surface area contributed by atoms with Gasteiger partial charge >= 0.3 is 5.97 Å². The van der Waals surface area contributed by atoms with Gasteiger partial charge in [0.1, 0.15) is 5.56 Å². The second-order valence-corrected chi connectivity index (χ2v) is 10.00. The Kier molecular flexibility index (Phi) is 7.03. The third-order valence-electron chi connectivity index (χ3n) is 4.69. The van der Waals surface area contributed by atoms with E-state index >= 15 is 0 Å². The third kappa shape index (κ3) is 5.15. The average molecular weight is 534 g/mol. The number of halogens is 2. The summed E-state index contributed by atoms with van der Waals surface area (Å²) in [6.07, 6.45) is 0. The summed E-state index contributed by atoms with van der Waals surface area (Å²) in [4.78, 5) is 39.2. The van der Waals surface area contributed by atoms with E-state index in [0.29, 0.717) is 21.5 Å². The number of thiazole rings is 1. The van der Waals surface area contributed by atoms with Crippen LogP contribution in [0.25, 0.3) is 10.2 Å². The van der Waals surface area contributed by atoms with Crippen molar-refractivity contribution >= 4 is 79.8 Å². The monoisotopic (exact) mass is 533 g/mol. The molecule has 12 heteroatoms. The molecule has 0 aliphatic rings. The summed E-state index contributed by atoms with van der Waals surface area (Å²) >= 11 is 15.1. The number of aromatic carboxylic acids is 1. The van der Waals surface area contributed by atoms with Crippen molar-refractivity contribution in [2.24, 2.45) is 0 Å². The molecule has 1 heterocycles. The summed E-state index contributed by atoms with van der Waals surface area (Å²) < 4.78 is 1.61. The number of rotatable bonds is 7. The minimum absolute atomic E-state index is 0.304. The number of amides is 1. The number of hydrogen-bond donors (Lipinski definition) is 2. The predicted molar refractivity (Wildman–Crippen MR) is 134 cm³/mol. The topological polar surface area (TPSA) is 122 Å². The summed E-state index contributed by atoms with van der Waals surface area (Å²) in [7, 11) is 0. The SMILES string of the molecule is O=C(Nc1ccc2nc(SCc3ccc(Cl)cc3Cl)sc2c1)c1cccc([N+](=O)[O-])c1C(=O)O. The molecule has 0 aliphatic heterocycles. The number of carbonyl (C=O) groups is 2. The molecule has 2 N–H and O–H groups in total. The van der Waals surface area contributed by atoms with Crippen LogP contribution in [-0.2, 0) is 5.75 Å². The van der Waals surface area contributed by atoms with Crippen molar-refractivity contribution in [1.82, 2.24) is 4.98 Å². The van der Waals surface area contributed by atoms with Gasteiger partial charge in [-0.15, -0.1) is 11.3 Å². The van der Waals surface area contributed by atoms with Crippen LogP contribution < -0.4 is 5.32 Å². The molecule has 1 amide bonds. The smallest absolute Gasteiger partial charge is 0.343 e. The summed E-state index contributed by atoms with van der Waals surface area (Å²) in [5, 5.41) is 24.3. The minimum atomic E-state index is -1.56. The van der Waals surface area contributed by atoms with E-state index in [9.17, 15) is 24.8 Å². The van der Waals surface area contributed by atoms with Gasteiger partial charge in [0.05, 0.1) is 20.7 Å². The summed E-state index contributed by atoms with van der Waals surface area (Å²) in [5.41, 5.74) is 0.441. The Balaban J connectivity index is 1.54. The zero-order valence-electron chi connectivity index (χ0n) is 17.0. The Bertz CT molecular complexity index is 1460. The number of thioether (sulfide) groups is 1. The van der Waals surface area contributed by atoms with Crippen molar-refractivity contribution in [2.75, 3.05) is 5.32 Å². The number of carbonyl (C=O) groups excluding carboxylic acids is 1. The molecule has 172 valence electrons.